The molecule has 0 aromatic carbocycles. The fourth-order valence-corrected chi connectivity index (χ4v) is 2.36. The van der Waals surface area contributed by atoms with Crippen LogP contribution in [-0.4, -0.2) is 33.2 Å². The maximum Gasteiger partial charge on any atom is 0.231 e. The van der Waals surface area contributed by atoms with Crippen molar-refractivity contribution >= 4 is 17.8 Å². The van der Waals surface area contributed by atoms with Gasteiger partial charge in [-0.2, -0.15) is 15.0 Å². The van der Waals surface area contributed by atoms with Crippen LogP contribution in [-0.2, 0) is 6.54 Å². The van der Waals surface area contributed by atoms with E-state index < -0.39 is 0 Å². The van der Waals surface area contributed by atoms with Crippen LogP contribution >= 0.6 is 0 Å². The zero-order valence-corrected chi connectivity index (χ0v) is 12.0. The van der Waals surface area contributed by atoms with Crippen LogP contribution in [0.3, 0.4) is 0 Å². The van der Waals surface area contributed by atoms with E-state index in [2.05, 4.69) is 30.3 Å². The fourth-order valence-electron chi connectivity index (χ4n) is 2.36. The van der Waals surface area contributed by atoms with E-state index in [1.807, 2.05) is 13.0 Å². The molecule has 1 fully saturated rings. The van der Waals surface area contributed by atoms with Crippen LogP contribution in [0.25, 0.3) is 0 Å². The summed E-state index contributed by atoms with van der Waals surface area (Å²) >= 11 is 0. The molecule has 0 atom stereocenters. The molecule has 0 amide bonds. The van der Waals surface area contributed by atoms with Crippen molar-refractivity contribution in [2.45, 2.75) is 32.7 Å². The van der Waals surface area contributed by atoms with Gasteiger partial charge in [0.2, 0.25) is 17.8 Å². The summed E-state index contributed by atoms with van der Waals surface area (Å²) in [5.41, 5.74) is 6.62. The number of nitrogen functional groups attached to an aromatic ring is 1. The number of hydrogen-bond donors (Lipinski definition) is 2. The zero-order chi connectivity index (χ0) is 14.7. The van der Waals surface area contributed by atoms with E-state index in [1.54, 1.807) is 0 Å². The van der Waals surface area contributed by atoms with E-state index in [0.29, 0.717) is 18.4 Å². The number of anilines is 3. The molecule has 0 spiro atoms. The highest BCUT2D eigenvalue weighted by molar-refractivity contribution is 5.42. The lowest BCUT2D eigenvalue weighted by molar-refractivity contribution is 0.384. The molecular weight excluding hydrogens is 270 g/mol. The minimum atomic E-state index is 0.224. The van der Waals surface area contributed by atoms with Crippen LogP contribution in [0.15, 0.2) is 10.6 Å². The van der Waals surface area contributed by atoms with Crippen LogP contribution < -0.4 is 16.0 Å². The first-order valence-corrected chi connectivity index (χ1v) is 7.13. The number of aromatic nitrogens is 4. The SMILES string of the molecule is Cc1cc(CNc2nc(N)nc(N3CCCCC3)n2)on1. The van der Waals surface area contributed by atoms with Gasteiger partial charge in [-0.1, -0.05) is 5.16 Å². The van der Waals surface area contributed by atoms with Crippen LogP contribution in [0.5, 0.6) is 0 Å². The molecule has 0 unspecified atom stereocenters. The van der Waals surface area contributed by atoms with Crippen molar-refractivity contribution in [3.63, 3.8) is 0 Å². The molecule has 21 heavy (non-hydrogen) atoms. The van der Waals surface area contributed by atoms with Crippen molar-refractivity contribution in [3.05, 3.63) is 17.5 Å². The molecule has 0 aliphatic carbocycles. The molecule has 3 rings (SSSR count). The molecule has 0 radical (unpaired) electrons. The van der Waals surface area contributed by atoms with Gasteiger partial charge in [0.25, 0.3) is 0 Å². The quantitative estimate of drug-likeness (QED) is 0.868. The van der Waals surface area contributed by atoms with Crippen LogP contribution in [0.1, 0.15) is 30.7 Å². The average Bonchev–Trinajstić information content (AvgIpc) is 2.91. The van der Waals surface area contributed by atoms with E-state index in [1.165, 1.54) is 6.42 Å². The maximum atomic E-state index is 5.77. The lowest BCUT2D eigenvalue weighted by Gasteiger charge is -2.26. The third-order valence-electron chi connectivity index (χ3n) is 3.38. The third kappa shape index (κ3) is 3.39. The highest BCUT2D eigenvalue weighted by Crippen LogP contribution is 2.17. The van der Waals surface area contributed by atoms with Crippen LogP contribution in [0.2, 0.25) is 0 Å². The molecule has 0 bridgehead atoms. The Morgan fingerprint density at radius 1 is 1.24 bits per heavy atom. The summed E-state index contributed by atoms with van der Waals surface area (Å²) < 4.78 is 5.14. The summed E-state index contributed by atoms with van der Waals surface area (Å²) in [6, 6.07) is 1.86. The van der Waals surface area contributed by atoms with E-state index in [-0.39, 0.29) is 5.95 Å². The van der Waals surface area contributed by atoms with E-state index in [4.69, 9.17) is 10.3 Å². The Bertz CT molecular complexity index is 606. The number of rotatable bonds is 4. The van der Waals surface area contributed by atoms with Crippen molar-refractivity contribution in [2.24, 2.45) is 0 Å². The number of aryl methyl sites for hydroxylation is 1. The Balaban J connectivity index is 1.71. The number of piperidine rings is 1. The predicted octanol–water partition coefficient (Wildman–Crippen LogP) is 1.35. The third-order valence-corrected chi connectivity index (χ3v) is 3.38. The number of nitrogens with one attached hydrogen (secondary N) is 1. The molecule has 112 valence electrons. The van der Waals surface area contributed by atoms with Gasteiger partial charge in [0.15, 0.2) is 5.76 Å². The van der Waals surface area contributed by atoms with E-state index in [9.17, 15) is 0 Å². The highest BCUT2D eigenvalue weighted by atomic mass is 16.5. The van der Waals surface area contributed by atoms with Gasteiger partial charge in [-0.05, 0) is 26.2 Å². The molecule has 0 saturated carbocycles. The predicted molar refractivity (Wildman–Crippen MR) is 78.9 cm³/mol. The Labute approximate surface area is 122 Å². The standard InChI is InChI=1S/C13H19N7O/c1-9-7-10(21-19-9)8-15-12-16-11(14)17-13(18-12)20-5-3-2-4-6-20/h7H,2-6,8H2,1H3,(H3,14,15,16,17,18). The monoisotopic (exact) mass is 289 g/mol. The zero-order valence-electron chi connectivity index (χ0n) is 12.0. The fraction of sp³-hybridized carbons (Fsp3) is 0.538. The molecule has 2 aromatic heterocycles. The summed E-state index contributed by atoms with van der Waals surface area (Å²) in [7, 11) is 0. The molecule has 8 nitrogen and oxygen atoms in total. The second-order valence-corrected chi connectivity index (χ2v) is 5.15. The smallest absolute Gasteiger partial charge is 0.231 e. The first-order valence-electron chi connectivity index (χ1n) is 7.13. The normalized spacial score (nSPS) is 15.2. The van der Waals surface area contributed by atoms with Crippen molar-refractivity contribution in [2.75, 3.05) is 29.0 Å². The van der Waals surface area contributed by atoms with Crippen LogP contribution in [0, 0.1) is 6.92 Å². The largest absolute Gasteiger partial charge is 0.368 e. The molecular formula is C13H19N7O. The summed E-state index contributed by atoms with van der Waals surface area (Å²) in [5, 5.41) is 6.93. The average molecular weight is 289 g/mol. The van der Waals surface area contributed by atoms with Crippen LogP contribution in [0.4, 0.5) is 17.8 Å². The molecule has 1 saturated heterocycles. The van der Waals surface area contributed by atoms with E-state index >= 15 is 0 Å². The lowest BCUT2D eigenvalue weighted by atomic mass is 10.1. The molecule has 1 aliphatic rings. The Morgan fingerprint density at radius 2 is 2.05 bits per heavy atom. The van der Waals surface area contributed by atoms with Gasteiger partial charge in [0.05, 0.1) is 12.2 Å². The molecule has 3 N–H and O–H groups in total. The first-order chi connectivity index (χ1) is 10.2. The molecule has 8 heteroatoms. The summed E-state index contributed by atoms with van der Waals surface area (Å²) in [4.78, 5) is 14.9. The number of nitrogens with two attached hydrogens (primary N) is 1. The lowest BCUT2D eigenvalue weighted by Crippen LogP contribution is -2.31. The minimum Gasteiger partial charge on any atom is -0.368 e. The molecule has 3 heterocycles. The topological polar surface area (TPSA) is 106 Å². The second-order valence-electron chi connectivity index (χ2n) is 5.15. The van der Waals surface area contributed by atoms with Crippen molar-refractivity contribution in [3.8, 4) is 0 Å². The van der Waals surface area contributed by atoms with Gasteiger partial charge in [0, 0.05) is 19.2 Å². The number of nitrogens with zero attached hydrogens (tertiary/aromatic N) is 5. The van der Waals surface area contributed by atoms with Gasteiger partial charge in [0.1, 0.15) is 0 Å². The highest BCUT2D eigenvalue weighted by Gasteiger charge is 2.15. The second kappa shape index (κ2) is 5.94. The van der Waals surface area contributed by atoms with Crippen molar-refractivity contribution in [1.82, 2.24) is 20.1 Å². The number of hydrogen-bond acceptors (Lipinski definition) is 8. The van der Waals surface area contributed by atoms with Crippen molar-refractivity contribution < 1.29 is 4.52 Å². The summed E-state index contributed by atoms with van der Waals surface area (Å²) in [6.07, 6.45) is 3.57. The molecule has 2 aromatic rings. The Hall–Kier alpha value is -2.38. The van der Waals surface area contributed by atoms with Gasteiger partial charge < -0.3 is 20.5 Å². The summed E-state index contributed by atoms with van der Waals surface area (Å²) in [5.74, 6) is 2.04. The van der Waals surface area contributed by atoms with Crippen molar-refractivity contribution in [1.29, 1.82) is 0 Å². The van der Waals surface area contributed by atoms with Gasteiger partial charge in [-0.3, -0.25) is 0 Å². The van der Waals surface area contributed by atoms with Gasteiger partial charge in [-0.25, -0.2) is 0 Å². The minimum absolute atomic E-state index is 0.224. The molecule has 1 aliphatic heterocycles. The Kier molecular flexibility index (Phi) is 3.85. The van der Waals surface area contributed by atoms with Gasteiger partial charge >= 0.3 is 0 Å². The maximum absolute atomic E-state index is 5.77. The van der Waals surface area contributed by atoms with Gasteiger partial charge in [-0.15, -0.1) is 0 Å². The Morgan fingerprint density at radius 3 is 2.76 bits per heavy atom. The summed E-state index contributed by atoms with van der Waals surface area (Å²) in [6.45, 7) is 4.26. The van der Waals surface area contributed by atoms with E-state index in [0.717, 1.165) is 37.4 Å². The first kappa shape index (κ1) is 13.6.